The van der Waals surface area contributed by atoms with Gasteiger partial charge in [-0.1, -0.05) is 188 Å². The van der Waals surface area contributed by atoms with Gasteiger partial charge in [-0.3, -0.25) is 9.59 Å². The number of carboxylic acids is 3. The summed E-state index contributed by atoms with van der Waals surface area (Å²) in [7, 11) is 0. The maximum Gasteiger partial charge on any atom is 0.346 e. The molecule has 0 spiro atoms. The Labute approximate surface area is 705 Å². The van der Waals surface area contributed by atoms with Crippen molar-refractivity contribution in [1.29, 1.82) is 26.3 Å². The van der Waals surface area contributed by atoms with Gasteiger partial charge in [0.1, 0.15) is 54.7 Å². The summed E-state index contributed by atoms with van der Waals surface area (Å²) in [5, 5.41) is 83.2. The molecule has 6 N–H and O–H groups in total. The summed E-state index contributed by atoms with van der Waals surface area (Å²) in [6.07, 6.45) is 3.02. The molecule has 15 nitrogen and oxygen atoms in total. The number of rotatable bonds is 23. The molecule has 0 radical (unpaired) electrons. The largest absolute Gasteiger partial charge is 0.477 e. The summed E-state index contributed by atoms with van der Waals surface area (Å²) in [6, 6.07) is 46.3. The zero-order chi connectivity index (χ0) is 81.0. The van der Waals surface area contributed by atoms with E-state index in [0.29, 0.717) is 123 Å². The summed E-state index contributed by atoms with van der Waals surface area (Å²) in [5.41, 5.74) is 14.4. The molecule has 1 fully saturated rings. The fraction of sp³-hybridized carbons (Fsp3) is 0.250. The van der Waals surface area contributed by atoms with Gasteiger partial charge in [0.05, 0.1) is 48.9 Å². The molecule has 1 aliphatic rings. The molecule has 5 heterocycles. The summed E-state index contributed by atoms with van der Waals surface area (Å²) in [4.78, 5) is 60.6. The van der Waals surface area contributed by atoms with E-state index in [2.05, 4.69) is 77.2 Å². The van der Waals surface area contributed by atoms with Crippen LogP contribution in [0.2, 0.25) is 25.1 Å². The molecule has 30 heteroatoms. The monoisotopic (exact) mass is 1750 g/mol. The van der Waals surface area contributed by atoms with E-state index < -0.39 is 23.8 Å². The molecular weight excluding hydrogens is 1680 g/mol. The Bertz CT molecular complexity index is 5060. The van der Waals surface area contributed by atoms with Crippen LogP contribution >= 0.6 is 173 Å². The highest BCUT2D eigenvalue weighted by Crippen LogP contribution is 2.49. The zero-order valence-electron chi connectivity index (χ0n) is 60.5. The fourth-order valence-electron chi connectivity index (χ4n) is 9.87. The van der Waals surface area contributed by atoms with Crippen molar-refractivity contribution < 1.29 is 39.3 Å². The number of hydrogen-bond donors (Lipinski definition) is 5. The molecule has 5 aromatic carbocycles. The average Bonchev–Trinajstić information content (AvgIpc) is 1.67. The van der Waals surface area contributed by atoms with Crippen molar-refractivity contribution in [2.24, 2.45) is 11.7 Å². The number of nitrogens with one attached hydrogen (secondary N) is 1. The van der Waals surface area contributed by atoms with Gasteiger partial charge in [-0.15, -0.1) is 115 Å². The molecule has 1 saturated carbocycles. The first-order chi connectivity index (χ1) is 52.3. The molecular formula is C80H70Cl5N7O8S10. The Morgan fingerprint density at radius 3 is 0.909 bits per heavy atom. The number of primary amides is 1. The highest BCUT2D eigenvalue weighted by atomic mass is 35.5. The van der Waals surface area contributed by atoms with Crippen molar-refractivity contribution in [3.8, 4) is 86.0 Å². The van der Waals surface area contributed by atoms with Crippen LogP contribution in [-0.2, 0) is 0 Å². The van der Waals surface area contributed by atoms with Gasteiger partial charge < -0.3 is 26.4 Å². The van der Waals surface area contributed by atoms with E-state index in [-0.39, 0.29) is 31.8 Å². The van der Waals surface area contributed by atoms with Gasteiger partial charge in [-0.2, -0.15) is 26.3 Å². The molecule has 0 bridgehead atoms. The number of hydrogen-bond acceptors (Lipinski definition) is 20. The van der Waals surface area contributed by atoms with Crippen LogP contribution in [0.15, 0.2) is 142 Å². The lowest BCUT2D eigenvalue weighted by atomic mass is 10.0. The standard InChI is InChI=1S/C18H17ClN2OS2.2C16H14ClNO2S2.C15H13ClN2OS2.C15H12ClNO2S2/c1-10(2)23-18-14(9-20)15(11-3-5-12(19)6-4-11)16(24-18)17(22)21-13-7-8-13;1-9(2)8-21-16-12(7-18)13(14(22-16)15(19)20)10-3-5-11(17)6-4-10;1-3-9(2)21-16-12(8-18)13(14(22-16)15(19)20)10-4-6-11(17)7-5-10;2*1-8(2)20-15-11(7-17)12(13(21-15)14(18)19)9-3-5-10(16)6-4-9/h3-6,10,13H,7-8H2,1-2H3,(H,21,22);3-6,9H,8H2,1-2H3,(H,19,20);4-7,9H,3H2,1-2H3,(H,19,20);3-6,8H,1-2H3,(H2,18,19);3-6,8H,1-2H3,(H,18,19). The predicted octanol–water partition coefficient (Wildman–Crippen LogP) is 25.9. The van der Waals surface area contributed by atoms with Crippen LogP contribution in [0.4, 0.5) is 0 Å². The Balaban J connectivity index is 0.000000191. The number of carbonyl (C=O) groups excluding carboxylic acids is 2. The van der Waals surface area contributed by atoms with Crippen molar-refractivity contribution in [2.45, 2.75) is 137 Å². The van der Waals surface area contributed by atoms with Gasteiger partial charge in [0.2, 0.25) is 0 Å². The lowest BCUT2D eigenvalue weighted by Gasteiger charge is -2.06. The van der Waals surface area contributed by atoms with Gasteiger partial charge in [0.25, 0.3) is 11.8 Å². The number of thioether (sulfide) groups is 5. The molecule has 1 atom stereocenters. The van der Waals surface area contributed by atoms with E-state index in [1.54, 1.807) is 144 Å². The molecule has 2 amide bonds. The fourth-order valence-corrected chi connectivity index (χ4v) is 23.1. The quantitative estimate of drug-likeness (QED) is 0.0372. The Morgan fingerprint density at radius 1 is 0.418 bits per heavy atom. The molecule has 110 heavy (non-hydrogen) atoms. The summed E-state index contributed by atoms with van der Waals surface area (Å²) in [6.45, 7) is 20.6. The molecule has 0 saturated heterocycles. The highest BCUT2D eigenvalue weighted by Gasteiger charge is 2.32. The van der Waals surface area contributed by atoms with E-state index in [1.807, 2.05) is 39.8 Å². The number of amides is 2. The third kappa shape index (κ3) is 24.3. The lowest BCUT2D eigenvalue weighted by molar-refractivity contribution is 0.0692. The number of carboxylic acid groups (broad SMARTS) is 3. The van der Waals surface area contributed by atoms with Crippen molar-refractivity contribution in [3.05, 3.63) is 199 Å². The second-order valence-corrected chi connectivity index (χ2v) is 40.8. The van der Waals surface area contributed by atoms with Crippen LogP contribution in [-0.4, -0.2) is 77.8 Å². The first-order valence-electron chi connectivity index (χ1n) is 33.5. The number of aromatic carboxylic acids is 3. The number of thiophene rings is 5. The Morgan fingerprint density at radius 2 is 0.664 bits per heavy atom. The minimum atomic E-state index is -1.02. The third-order valence-electron chi connectivity index (χ3n) is 15.0. The van der Waals surface area contributed by atoms with E-state index in [4.69, 9.17) is 63.7 Å². The molecule has 10 aromatic rings. The average molecular weight is 1760 g/mol. The van der Waals surface area contributed by atoms with Crippen LogP contribution in [0.3, 0.4) is 0 Å². The SMILES string of the molecule is CC(C)CSc1sc(C(=O)O)c(-c2ccc(Cl)cc2)c1C#N.CC(C)Sc1sc(C(=O)NC2CC2)c(-c2ccc(Cl)cc2)c1C#N.CC(C)Sc1sc(C(=O)O)c(-c2ccc(Cl)cc2)c1C#N.CC(C)Sc1sc(C(N)=O)c(-c2ccc(Cl)cc2)c1C#N.CCC(C)Sc1sc(C(=O)O)c(-c2ccc(Cl)cc2)c1C#N. The van der Waals surface area contributed by atoms with Crippen molar-refractivity contribution >= 4 is 203 Å². The van der Waals surface area contributed by atoms with Crippen molar-refractivity contribution in [2.75, 3.05) is 5.75 Å². The minimum absolute atomic E-state index is 0.0837. The molecule has 11 rings (SSSR count). The number of halogens is 5. The third-order valence-corrected chi connectivity index (χ3v) is 29.0. The van der Waals surface area contributed by atoms with Crippen molar-refractivity contribution in [1.82, 2.24) is 5.32 Å². The van der Waals surface area contributed by atoms with Crippen LogP contribution < -0.4 is 11.1 Å². The first kappa shape index (κ1) is 89.8. The number of carbonyl (C=O) groups is 5. The maximum atomic E-state index is 12.7. The van der Waals surface area contributed by atoms with Gasteiger partial charge >= 0.3 is 17.9 Å². The minimum Gasteiger partial charge on any atom is -0.477 e. The maximum absolute atomic E-state index is 12.7. The molecule has 1 unspecified atom stereocenters. The Hall–Kier alpha value is -7.40. The van der Waals surface area contributed by atoms with Gasteiger partial charge in [-0.25, -0.2) is 14.4 Å². The van der Waals surface area contributed by atoms with Gasteiger partial charge in [0, 0.05) is 85.7 Å². The van der Waals surface area contributed by atoms with Crippen LogP contribution in [0, 0.1) is 62.6 Å². The second-order valence-electron chi connectivity index (χ2n) is 25.0. The molecule has 568 valence electrons. The van der Waals surface area contributed by atoms with E-state index in [1.165, 1.54) is 68.9 Å². The second kappa shape index (κ2) is 42.5. The lowest BCUT2D eigenvalue weighted by Crippen LogP contribution is -2.24. The summed E-state index contributed by atoms with van der Waals surface area (Å²) < 4.78 is 4.00. The molecule has 5 aromatic heterocycles. The van der Waals surface area contributed by atoms with Gasteiger partial charge in [0.15, 0.2) is 0 Å². The van der Waals surface area contributed by atoms with E-state index in [9.17, 15) is 65.6 Å². The molecule has 1 aliphatic carbocycles. The Kier molecular flexibility index (Phi) is 34.7. The number of nitrogens with zero attached hydrogens (tertiary/aromatic N) is 5. The van der Waals surface area contributed by atoms with Crippen LogP contribution in [0.25, 0.3) is 55.6 Å². The van der Waals surface area contributed by atoms with Gasteiger partial charge in [-0.05, 0) is 114 Å². The number of nitriles is 5. The highest BCUT2D eigenvalue weighted by molar-refractivity contribution is 8.02. The van der Waals surface area contributed by atoms with Crippen LogP contribution in [0.5, 0.6) is 0 Å². The zero-order valence-corrected chi connectivity index (χ0v) is 72.5. The van der Waals surface area contributed by atoms with E-state index in [0.717, 1.165) is 74.1 Å². The predicted molar refractivity (Wildman–Crippen MR) is 461 cm³/mol. The summed E-state index contributed by atoms with van der Waals surface area (Å²) in [5.74, 6) is -2.33. The molecule has 0 aliphatic heterocycles. The van der Waals surface area contributed by atoms with Crippen molar-refractivity contribution in [3.63, 3.8) is 0 Å². The number of nitrogens with two attached hydrogens (primary N) is 1. The smallest absolute Gasteiger partial charge is 0.346 e. The summed E-state index contributed by atoms with van der Waals surface area (Å²) >= 11 is 43.5. The number of benzene rings is 5. The first-order valence-corrected chi connectivity index (χ1v) is 44.0. The van der Waals surface area contributed by atoms with Crippen LogP contribution in [0.1, 0.15) is 165 Å². The topological polar surface area (TPSA) is 303 Å². The normalized spacial score (nSPS) is 11.6. The van der Waals surface area contributed by atoms with E-state index >= 15 is 0 Å².